The lowest BCUT2D eigenvalue weighted by Crippen LogP contribution is -2.61. The van der Waals surface area contributed by atoms with Gasteiger partial charge in [-0.15, -0.1) is 0 Å². The van der Waals surface area contributed by atoms with Gasteiger partial charge in [0.2, 0.25) is 0 Å². The first-order valence-electron chi connectivity index (χ1n) is 24.1. The van der Waals surface area contributed by atoms with Crippen LogP contribution < -0.4 is 0 Å². The highest BCUT2D eigenvalue weighted by molar-refractivity contribution is 5.70. The summed E-state index contributed by atoms with van der Waals surface area (Å²) in [6.07, 6.45) is 13.7. The minimum atomic E-state index is -1.76. The van der Waals surface area contributed by atoms with Gasteiger partial charge in [-0.05, 0) is 12.8 Å². The zero-order chi connectivity index (χ0) is 44.7. The number of unbranched alkanes of at least 4 members (excludes halogenated alkanes) is 23. The van der Waals surface area contributed by atoms with Crippen LogP contribution in [0.5, 0.6) is 0 Å². The molecule has 2 aliphatic rings. The lowest BCUT2D eigenvalue weighted by Gasteiger charge is -2.42. The van der Waals surface area contributed by atoms with Crippen molar-refractivity contribution in [3.05, 3.63) is 0 Å². The third-order valence-corrected chi connectivity index (χ3v) is 11.8. The minimum absolute atomic E-state index is 0.172. The number of rotatable bonds is 37. The fourth-order valence-electron chi connectivity index (χ4n) is 7.81. The maximum Gasteiger partial charge on any atom is 0.306 e. The molecule has 0 amide bonds. The summed E-state index contributed by atoms with van der Waals surface area (Å²) in [4.78, 5) is 25.3. The van der Waals surface area contributed by atoms with Crippen LogP contribution >= 0.6 is 0 Å². The summed E-state index contributed by atoms with van der Waals surface area (Å²) in [6.45, 7) is 2.47. The fraction of sp³-hybridized carbons (Fsp3) is 0.957. The van der Waals surface area contributed by atoms with Crippen LogP contribution in [0, 0.1) is 0 Å². The molecule has 0 aliphatic carbocycles. The van der Waals surface area contributed by atoms with Crippen molar-refractivity contribution >= 4 is 11.9 Å². The molecule has 61 heavy (non-hydrogen) atoms. The third kappa shape index (κ3) is 23.8. The van der Waals surface area contributed by atoms with Crippen molar-refractivity contribution in [1.82, 2.24) is 0 Å². The molecule has 15 nitrogen and oxygen atoms in total. The predicted octanol–water partition coefficient (Wildman–Crippen LogP) is 5.65. The summed E-state index contributed by atoms with van der Waals surface area (Å²) in [5.41, 5.74) is 0. The van der Waals surface area contributed by atoms with Gasteiger partial charge in [0, 0.05) is 12.8 Å². The van der Waals surface area contributed by atoms with E-state index in [9.17, 15) is 45.3 Å². The Balaban J connectivity index is 1.70. The molecule has 2 saturated heterocycles. The first kappa shape index (κ1) is 55.6. The van der Waals surface area contributed by atoms with E-state index >= 15 is 0 Å². The molecular formula is C46H86O15. The Morgan fingerprint density at radius 2 is 0.836 bits per heavy atom. The van der Waals surface area contributed by atoms with Crippen LogP contribution in [0.1, 0.15) is 187 Å². The van der Waals surface area contributed by atoms with Crippen molar-refractivity contribution in [3.8, 4) is 0 Å². The first-order valence-corrected chi connectivity index (χ1v) is 24.1. The number of carbonyl (C=O) groups excluding carboxylic acids is 2. The van der Waals surface area contributed by atoms with E-state index in [4.69, 9.17) is 28.4 Å². The van der Waals surface area contributed by atoms with Gasteiger partial charge in [0.05, 0.1) is 19.8 Å². The summed E-state index contributed by atoms with van der Waals surface area (Å²) in [7, 11) is 0. The summed E-state index contributed by atoms with van der Waals surface area (Å²) >= 11 is 0. The van der Waals surface area contributed by atoms with Gasteiger partial charge in [-0.1, -0.05) is 162 Å². The zero-order valence-electron chi connectivity index (χ0n) is 37.7. The molecule has 7 N–H and O–H groups in total. The van der Waals surface area contributed by atoms with Gasteiger partial charge in [0.25, 0.3) is 0 Å². The SMILES string of the molecule is CCCCCCCCCCCCCCCCCCCCCCCC(=O)OC(COC(=O)CCCCCC)COC1OC(COC2OC(CO)C(O)C(O)C2O)C(O)C(O)C1O. The lowest BCUT2D eigenvalue weighted by atomic mass is 9.98. The molecular weight excluding hydrogens is 792 g/mol. The standard InChI is InChI=1S/C46H86O15/c1-3-5-7-9-10-11-12-13-14-15-16-17-18-19-20-21-22-23-24-25-27-29-38(49)59-34(31-56-37(48)28-26-8-6-4-2)32-57-45-44(55)42(53)40(51)36(61-45)33-58-46-43(54)41(52)39(50)35(30-47)60-46/h34-36,39-47,50-55H,3-33H2,1-2H3. The molecule has 11 atom stereocenters. The summed E-state index contributed by atoms with van der Waals surface area (Å²) in [5, 5.41) is 71.7. The molecule has 2 rings (SSSR count). The Morgan fingerprint density at radius 1 is 0.459 bits per heavy atom. The van der Waals surface area contributed by atoms with Gasteiger partial charge in [0.15, 0.2) is 18.7 Å². The van der Waals surface area contributed by atoms with Crippen LogP contribution in [-0.4, -0.2) is 142 Å². The van der Waals surface area contributed by atoms with Crippen molar-refractivity contribution in [2.24, 2.45) is 0 Å². The molecule has 0 aromatic rings. The van der Waals surface area contributed by atoms with Crippen molar-refractivity contribution in [2.75, 3.05) is 26.4 Å². The molecule has 2 heterocycles. The molecule has 0 aromatic heterocycles. The van der Waals surface area contributed by atoms with Crippen LogP contribution in [0.25, 0.3) is 0 Å². The lowest BCUT2D eigenvalue weighted by molar-refractivity contribution is -0.332. The van der Waals surface area contributed by atoms with Crippen LogP contribution in [0.4, 0.5) is 0 Å². The second-order valence-electron chi connectivity index (χ2n) is 17.3. The molecule has 0 bridgehead atoms. The maximum absolute atomic E-state index is 12.9. The summed E-state index contributed by atoms with van der Waals surface area (Å²) < 4.78 is 33.3. The number of esters is 2. The quantitative estimate of drug-likeness (QED) is 0.0295. The highest BCUT2D eigenvalue weighted by atomic mass is 16.7. The van der Waals surface area contributed by atoms with E-state index in [1.54, 1.807) is 0 Å². The average molecular weight is 879 g/mol. The second-order valence-corrected chi connectivity index (χ2v) is 17.3. The van der Waals surface area contributed by atoms with Crippen molar-refractivity contribution in [2.45, 2.75) is 255 Å². The maximum atomic E-state index is 12.9. The molecule has 2 aliphatic heterocycles. The molecule has 15 heteroatoms. The van der Waals surface area contributed by atoms with Crippen molar-refractivity contribution < 1.29 is 73.8 Å². The van der Waals surface area contributed by atoms with Crippen molar-refractivity contribution in [3.63, 3.8) is 0 Å². The topological polar surface area (TPSA) is 231 Å². The minimum Gasteiger partial charge on any atom is -0.462 e. The smallest absolute Gasteiger partial charge is 0.306 e. The zero-order valence-corrected chi connectivity index (χ0v) is 37.7. The van der Waals surface area contributed by atoms with E-state index in [0.717, 1.165) is 38.5 Å². The van der Waals surface area contributed by atoms with E-state index in [1.807, 2.05) is 0 Å². The molecule has 0 saturated carbocycles. The van der Waals surface area contributed by atoms with E-state index in [1.165, 1.54) is 109 Å². The highest BCUT2D eigenvalue weighted by Crippen LogP contribution is 2.26. The molecule has 0 aromatic carbocycles. The number of aliphatic hydroxyl groups excluding tert-OH is 7. The summed E-state index contributed by atoms with van der Waals surface area (Å²) in [6, 6.07) is 0. The molecule has 2 fully saturated rings. The Labute approximate surface area is 366 Å². The Kier molecular flexibility index (Phi) is 31.8. The van der Waals surface area contributed by atoms with Gasteiger partial charge in [-0.25, -0.2) is 0 Å². The van der Waals surface area contributed by atoms with E-state index < -0.39 is 92.7 Å². The van der Waals surface area contributed by atoms with Gasteiger partial charge in [0.1, 0.15) is 55.4 Å². The normalized spacial score (nSPS) is 27.2. The predicted molar refractivity (Wildman–Crippen MR) is 229 cm³/mol. The molecule has 0 spiro atoms. The third-order valence-electron chi connectivity index (χ3n) is 11.8. The van der Waals surface area contributed by atoms with Crippen molar-refractivity contribution in [1.29, 1.82) is 0 Å². The fourth-order valence-corrected chi connectivity index (χ4v) is 7.81. The number of hydrogen-bond acceptors (Lipinski definition) is 15. The van der Waals surface area contributed by atoms with Crippen LogP contribution in [-0.2, 0) is 38.0 Å². The second kappa shape index (κ2) is 34.8. The number of carbonyl (C=O) groups is 2. The average Bonchev–Trinajstić information content (AvgIpc) is 3.25. The van der Waals surface area contributed by atoms with Crippen LogP contribution in [0.2, 0.25) is 0 Å². The van der Waals surface area contributed by atoms with E-state index in [-0.39, 0.29) is 26.1 Å². The molecule has 0 radical (unpaired) electrons. The largest absolute Gasteiger partial charge is 0.462 e. The van der Waals surface area contributed by atoms with Gasteiger partial charge in [-0.2, -0.15) is 0 Å². The highest BCUT2D eigenvalue weighted by Gasteiger charge is 2.47. The van der Waals surface area contributed by atoms with Gasteiger partial charge < -0.3 is 64.2 Å². The van der Waals surface area contributed by atoms with Gasteiger partial charge in [-0.3, -0.25) is 9.59 Å². The molecule has 11 unspecified atom stereocenters. The Bertz CT molecular complexity index is 1080. The number of ether oxygens (including phenoxy) is 6. The number of aliphatic hydroxyl groups is 7. The number of hydrogen-bond donors (Lipinski definition) is 7. The van der Waals surface area contributed by atoms with E-state index in [0.29, 0.717) is 12.8 Å². The monoisotopic (exact) mass is 879 g/mol. The Morgan fingerprint density at radius 3 is 1.30 bits per heavy atom. The van der Waals surface area contributed by atoms with Gasteiger partial charge >= 0.3 is 11.9 Å². The Hall–Kier alpha value is -1.50. The van der Waals surface area contributed by atoms with Crippen LogP contribution in [0.15, 0.2) is 0 Å². The summed E-state index contributed by atoms with van der Waals surface area (Å²) in [5.74, 6) is -0.934. The molecule has 360 valence electrons. The first-order chi connectivity index (χ1) is 29.5. The van der Waals surface area contributed by atoms with E-state index in [2.05, 4.69) is 13.8 Å². The van der Waals surface area contributed by atoms with Crippen LogP contribution in [0.3, 0.4) is 0 Å².